The summed E-state index contributed by atoms with van der Waals surface area (Å²) in [5.74, 6) is -0.895. The zero-order chi connectivity index (χ0) is 11.4. The highest BCUT2D eigenvalue weighted by atomic mass is 16.4. The van der Waals surface area contributed by atoms with Crippen molar-refractivity contribution < 1.29 is 9.90 Å². The van der Waals surface area contributed by atoms with Crippen molar-refractivity contribution in [3.63, 3.8) is 0 Å². The van der Waals surface area contributed by atoms with Crippen LogP contribution < -0.4 is 0 Å². The van der Waals surface area contributed by atoms with E-state index >= 15 is 0 Å². The molecule has 3 nitrogen and oxygen atoms in total. The van der Waals surface area contributed by atoms with E-state index in [1.807, 2.05) is 30.5 Å². The molecule has 0 saturated heterocycles. The van der Waals surface area contributed by atoms with E-state index in [0.717, 1.165) is 17.5 Å². The Balaban J connectivity index is 2.14. The lowest BCUT2D eigenvalue weighted by atomic mass is 10.1. The fraction of sp³-hybridized carbons (Fsp3) is 0.0769. The summed E-state index contributed by atoms with van der Waals surface area (Å²) in [5.41, 5.74) is 2.51. The molecule has 0 amide bonds. The Hall–Kier alpha value is -2.16. The number of carboxylic acids is 1. The van der Waals surface area contributed by atoms with E-state index < -0.39 is 5.97 Å². The maximum atomic E-state index is 10.7. The normalized spacial score (nSPS) is 10.0. The molecule has 0 aliphatic heterocycles. The van der Waals surface area contributed by atoms with Gasteiger partial charge in [0.15, 0.2) is 0 Å². The Bertz CT molecular complexity index is 477. The Kier molecular flexibility index (Phi) is 2.96. The molecule has 80 valence electrons. The smallest absolute Gasteiger partial charge is 0.335 e. The zero-order valence-corrected chi connectivity index (χ0v) is 8.63. The minimum Gasteiger partial charge on any atom is -0.478 e. The fourth-order valence-electron chi connectivity index (χ4n) is 1.50. The Labute approximate surface area is 93.4 Å². The molecule has 0 radical (unpaired) electrons. The first-order valence-corrected chi connectivity index (χ1v) is 4.97. The number of pyridine rings is 1. The second-order valence-corrected chi connectivity index (χ2v) is 3.54. The second-order valence-electron chi connectivity index (χ2n) is 3.54. The first-order chi connectivity index (χ1) is 7.75. The van der Waals surface area contributed by atoms with Crippen LogP contribution in [0.3, 0.4) is 0 Å². The monoisotopic (exact) mass is 213 g/mol. The van der Waals surface area contributed by atoms with Gasteiger partial charge in [0, 0.05) is 12.4 Å². The first kappa shape index (κ1) is 10.4. The summed E-state index contributed by atoms with van der Waals surface area (Å²) in [6.45, 7) is 0. The van der Waals surface area contributed by atoms with Crippen molar-refractivity contribution in [1.82, 2.24) is 4.98 Å². The summed E-state index contributed by atoms with van der Waals surface area (Å²) < 4.78 is 0. The van der Waals surface area contributed by atoms with Crippen molar-refractivity contribution in [2.75, 3.05) is 0 Å². The molecule has 0 spiro atoms. The Morgan fingerprint density at radius 1 is 1.12 bits per heavy atom. The molecule has 0 saturated carbocycles. The molecule has 1 N–H and O–H groups in total. The quantitative estimate of drug-likeness (QED) is 0.851. The molecule has 1 aromatic heterocycles. The maximum Gasteiger partial charge on any atom is 0.335 e. The van der Waals surface area contributed by atoms with Crippen LogP contribution in [0.25, 0.3) is 0 Å². The van der Waals surface area contributed by atoms with Gasteiger partial charge in [-0.1, -0.05) is 18.2 Å². The van der Waals surface area contributed by atoms with Crippen molar-refractivity contribution in [1.29, 1.82) is 0 Å². The van der Waals surface area contributed by atoms with Crippen LogP contribution in [0.4, 0.5) is 0 Å². The molecule has 3 heteroatoms. The van der Waals surface area contributed by atoms with Gasteiger partial charge in [0.2, 0.25) is 0 Å². The first-order valence-electron chi connectivity index (χ1n) is 4.97. The van der Waals surface area contributed by atoms with Crippen LogP contribution in [0.5, 0.6) is 0 Å². The van der Waals surface area contributed by atoms with E-state index in [1.165, 1.54) is 0 Å². The summed E-state index contributed by atoms with van der Waals surface area (Å²) in [4.78, 5) is 14.7. The summed E-state index contributed by atoms with van der Waals surface area (Å²) in [6, 6.07) is 10.8. The number of benzene rings is 1. The van der Waals surface area contributed by atoms with E-state index in [2.05, 4.69) is 4.98 Å². The zero-order valence-electron chi connectivity index (χ0n) is 8.63. The lowest BCUT2D eigenvalue weighted by molar-refractivity contribution is 0.0697. The van der Waals surface area contributed by atoms with Crippen molar-refractivity contribution in [3.8, 4) is 0 Å². The predicted octanol–water partition coefficient (Wildman–Crippen LogP) is 2.37. The van der Waals surface area contributed by atoms with Crippen molar-refractivity contribution in [2.24, 2.45) is 0 Å². The number of aromatic carboxylic acids is 1. The standard InChI is InChI=1S/C13H11NO2/c15-13(16)12-5-3-10(4-6-12)8-11-2-1-7-14-9-11/h1-7,9H,8H2,(H,15,16). The van der Waals surface area contributed by atoms with Crippen LogP contribution in [0, 0.1) is 0 Å². The number of hydrogen-bond acceptors (Lipinski definition) is 2. The lowest BCUT2D eigenvalue weighted by Gasteiger charge is -2.01. The van der Waals surface area contributed by atoms with Gasteiger partial charge in [0.1, 0.15) is 0 Å². The highest BCUT2D eigenvalue weighted by Gasteiger charge is 2.02. The van der Waals surface area contributed by atoms with E-state index in [1.54, 1.807) is 18.3 Å². The third-order valence-electron chi connectivity index (χ3n) is 2.33. The van der Waals surface area contributed by atoms with Crippen LogP contribution in [0.1, 0.15) is 21.5 Å². The van der Waals surface area contributed by atoms with E-state index in [4.69, 9.17) is 5.11 Å². The van der Waals surface area contributed by atoms with Crippen LogP contribution in [-0.4, -0.2) is 16.1 Å². The summed E-state index contributed by atoms with van der Waals surface area (Å²) >= 11 is 0. The molecule has 2 aromatic rings. The largest absolute Gasteiger partial charge is 0.478 e. The lowest BCUT2D eigenvalue weighted by Crippen LogP contribution is -1.96. The predicted molar refractivity (Wildman–Crippen MR) is 60.4 cm³/mol. The number of nitrogens with zero attached hydrogens (tertiary/aromatic N) is 1. The molecular formula is C13H11NO2. The summed E-state index contributed by atoms with van der Waals surface area (Å²) in [5, 5.41) is 8.76. The number of aromatic nitrogens is 1. The molecule has 16 heavy (non-hydrogen) atoms. The molecular weight excluding hydrogens is 202 g/mol. The van der Waals surface area contributed by atoms with Crippen LogP contribution in [0.2, 0.25) is 0 Å². The van der Waals surface area contributed by atoms with Gasteiger partial charge in [-0.2, -0.15) is 0 Å². The van der Waals surface area contributed by atoms with Crippen molar-refractivity contribution >= 4 is 5.97 Å². The van der Waals surface area contributed by atoms with Gasteiger partial charge in [-0.05, 0) is 35.7 Å². The van der Waals surface area contributed by atoms with E-state index in [0.29, 0.717) is 5.56 Å². The van der Waals surface area contributed by atoms with Gasteiger partial charge >= 0.3 is 5.97 Å². The minimum atomic E-state index is -0.895. The average Bonchev–Trinajstić information content (AvgIpc) is 2.31. The number of rotatable bonds is 3. The van der Waals surface area contributed by atoms with Crippen molar-refractivity contribution in [3.05, 3.63) is 65.5 Å². The van der Waals surface area contributed by atoms with Gasteiger partial charge in [0.05, 0.1) is 5.56 Å². The molecule has 0 unspecified atom stereocenters. The molecule has 0 bridgehead atoms. The number of hydrogen-bond donors (Lipinski definition) is 1. The maximum absolute atomic E-state index is 10.7. The highest BCUT2D eigenvalue weighted by Crippen LogP contribution is 2.09. The van der Waals surface area contributed by atoms with E-state index in [9.17, 15) is 4.79 Å². The van der Waals surface area contributed by atoms with Gasteiger partial charge in [-0.25, -0.2) is 4.79 Å². The number of carbonyl (C=O) groups is 1. The fourth-order valence-corrected chi connectivity index (χ4v) is 1.50. The Morgan fingerprint density at radius 3 is 2.44 bits per heavy atom. The molecule has 0 atom stereocenters. The van der Waals surface area contributed by atoms with Gasteiger partial charge in [-0.3, -0.25) is 4.98 Å². The molecule has 0 aliphatic rings. The topological polar surface area (TPSA) is 50.2 Å². The van der Waals surface area contributed by atoms with Crippen molar-refractivity contribution in [2.45, 2.75) is 6.42 Å². The third kappa shape index (κ3) is 2.45. The SMILES string of the molecule is O=C(O)c1ccc(Cc2cccnc2)cc1. The van der Waals surface area contributed by atoms with Gasteiger partial charge in [0.25, 0.3) is 0 Å². The summed E-state index contributed by atoms with van der Waals surface area (Å²) in [7, 11) is 0. The summed E-state index contributed by atoms with van der Waals surface area (Å²) in [6.07, 6.45) is 4.32. The van der Waals surface area contributed by atoms with Crippen LogP contribution in [-0.2, 0) is 6.42 Å². The molecule has 0 fully saturated rings. The highest BCUT2D eigenvalue weighted by molar-refractivity contribution is 5.87. The van der Waals surface area contributed by atoms with Crippen LogP contribution in [0.15, 0.2) is 48.8 Å². The molecule has 1 heterocycles. The third-order valence-corrected chi connectivity index (χ3v) is 2.33. The molecule has 0 aliphatic carbocycles. The average molecular weight is 213 g/mol. The minimum absolute atomic E-state index is 0.315. The number of carboxylic acid groups (broad SMARTS) is 1. The van der Waals surface area contributed by atoms with E-state index in [-0.39, 0.29) is 0 Å². The Morgan fingerprint density at radius 2 is 1.88 bits per heavy atom. The second kappa shape index (κ2) is 4.57. The van der Waals surface area contributed by atoms with Gasteiger partial charge < -0.3 is 5.11 Å². The molecule has 1 aromatic carbocycles. The van der Waals surface area contributed by atoms with Gasteiger partial charge in [-0.15, -0.1) is 0 Å². The van der Waals surface area contributed by atoms with Crippen LogP contribution >= 0.6 is 0 Å². The molecule has 2 rings (SSSR count).